The van der Waals surface area contributed by atoms with Crippen LogP contribution in [0.4, 0.5) is 4.79 Å². The maximum absolute atomic E-state index is 14.0. The average molecular weight is 518 g/mol. The average Bonchev–Trinajstić information content (AvgIpc) is 2.86. The summed E-state index contributed by atoms with van der Waals surface area (Å²) in [5.74, 6) is -1.01. The van der Waals surface area contributed by atoms with Gasteiger partial charge in [0.15, 0.2) is 0 Å². The zero-order valence-corrected chi connectivity index (χ0v) is 23.0. The second kappa shape index (κ2) is 14.0. The first-order valence-electron chi connectivity index (χ1n) is 12.8. The molecule has 0 aromatic heterocycles. The second-order valence-corrected chi connectivity index (χ2v) is 10.2. The first-order valence-corrected chi connectivity index (χ1v) is 12.8. The lowest BCUT2D eigenvalue weighted by Gasteiger charge is -2.31. The minimum absolute atomic E-state index is 0.118. The highest BCUT2D eigenvalue weighted by Gasteiger charge is 2.36. The molecule has 0 bridgehead atoms. The van der Waals surface area contributed by atoms with Crippen molar-refractivity contribution >= 4 is 24.0 Å². The van der Waals surface area contributed by atoms with Gasteiger partial charge in [0.25, 0.3) is 5.91 Å². The van der Waals surface area contributed by atoms with E-state index in [0.717, 1.165) is 28.9 Å². The number of amides is 3. The summed E-state index contributed by atoms with van der Waals surface area (Å²) >= 11 is 0. The third kappa shape index (κ3) is 9.11. The summed E-state index contributed by atoms with van der Waals surface area (Å²) in [6, 6.07) is 16.5. The van der Waals surface area contributed by atoms with E-state index in [9.17, 15) is 14.4 Å². The number of nitrogens with one attached hydrogen (secondary N) is 2. The van der Waals surface area contributed by atoms with Crippen molar-refractivity contribution in [2.45, 2.75) is 77.6 Å². The Morgan fingerprint density at radius 2 is 1.79 bits per heavy atom. The summed E-state index contributed by atoms with van der Waals surface area (Å²) in [5, 5.41) is 5.65. The minimum atomic E-state index is -1.12. The Labute approximate surface area is 226 Å². The van der Waals surface area contributed by atoms with Gasteiger partial charge in [-0.2, -0.15) is 0 Å². The predicted octanol–water partition coefficient (Wildman–Crippen LogP) is 5.23. The van der Waals surface area contributed by atoms with E-state index in [1.807, 2.05) is 50.2 Å². The van der Waals surface area contributed by atoms with Gasteiger partial charge in [-0.3, -0.25) is 14.5 Å². The summed E-state index contributed by atoms with van der Waals surface area (Å²) in [4.78, 5) is 41.3. The summed E-state index contributed by atoms with van der Waals surface area (Å²) in [5.41, 5.74) is 1.36. The molecule has 202 valence electrons. The molecule has 0 spiro atoms. The quantitative estimate of drug-likeness (QED) is 0.316. The van der Waals surface area contributed by atoms with Gasteiger partial charge < -0.3 is 15.4 Å². The van der Waals surface area contributed by atoms with Crippen molar-refractivity contribution in [3.05, 3.63) is 77.9 Å². The van der Waals surface area contributed by atoms with Crippen molar-refractivity contribution < 1.29 is 19.1 Å². The fraction of sp³-hybridized carbons (Fsp3) is 0.387. The summed E-state index contributed by atoms with van der Waals surface area (Å²) in [6.07, 6.45) is 8.60. The van der Waals surface area contributed by atoms with Crippen molar-refractivity contribution in [1.29, 1.82) is 0 Å². The molecule has 0 radical (unpaired) electrons. The maximum atomic E-state index is 14.0. The second-order valence-electron chi connectivity index (χ2n) is 10.2. The molecule has 0 saturated carbocycles. The van der Waals surface area contributed by atoms with Crippen LogP contribution >= 0.6 is 0 Å². The van der Waals surface area contributed by atoms with Gasteiger partial charge in [-0.05, 0) is 56.9 Å². The molecule has 0 aliphatic heterocycles. The molecule has 0 heterocycles. The van der Waals surface area contributed by atoms with Crippen molar-refractivity contribution in [2.24, 2.45) is 0 Å². The first-order chi connectivity index (χ1) is 18.0. The molecule has 38 heavy (non-hydrogen) atoms. The van der Waals surface area contributed by atoms with Gasteiger partial charge in [0.2, 0.25) is 5.91 Å². The monoisotopic (exact) mass is 517 g/mol. The summed E-state index contributed by atoms with van der Waals surface area (Å²) in [7, 11) is 0. The molecule has 0 fully saturated rings. The van der Waals surface area contributed by atoms with E-state index < -0.39 is 35.6 Å². The molecular weight excluding hydrogens is 478 g/mol. The first kappa shape index (κ1) is 30.2. The lowest BCUT2D eigenvalue weighted by Crippen LogP contribution is -2.52. The van der Waals surface area contributed by atoms with Crippen molar-refractivity contribution in [2.75, 3.05) is 0 Å². The lowest BCUT2D eigenvalue weighted by molar-refractivity contribution is -0.138. The number of ether oxygens (including phenoxy) is 1. The number of carbonyl (C=O) groups is 3. The zero-order chi connectivity index (χ0) is 28.3. The van der Waals surface area contributed by atoms with E-state index in [1.54, 1.807) is 45.0 Å². The SMILES string of the molecule is C#CN(C(=O)C(Cc1ccccc1)NC(=O)OC(C)(C)C)C(C(=O)NC(C)CCC)c1cccc(C=C)c1. The lowest BCUT2D eigenvalue weighted by atomic mass is 9.99. The van der Waals surface area contributed by atoms with Gasteiger partial charge >= 0.3 is 6.09 Å². The van der Waals surface area contributed by atoms with Crippen LogP contribution < -0.4 is 10.6 Å². The third-order valence-corrected chi connectivity index (χ3v) is 5.73. The molecule has 0 aliphatic rings. The number of hydrogen-bond donors (Lipinski definition) is 2. The standard InChI is InChI=1S/C31H39N3O4/c1-8-15-22(4)32-28(35)27(25-19-14-18-23(9-2)20-25)34(10-3)29(36)26(21-24-16-12-11-13-17-24)33-30(37)38-31(5,6)7/h3,9,11-14,16-20,22,26-27H,2,8,15,21H2,1,4-7H3,(H,32,35)(H,33,37). The smallest absolute Gasteiger partial charge is 0.408 e. The number of hydrogen-bond acceptors (Lipinski definition) is 4. The van der Waals surface area contributed by atoms with Crippen LogP contribution in [-0.4, -0.2) is 40.5 Å². The van der Waals surface area contributed by atoms with E-state index in [0.29, 0.717) is 5.56 Å². The molecule has 3 amide bonds. The molecule has 0 saturated heterocycles. The molecule has 2 rings (SSSR count). The number of terminal acetylenes is 1. The van der Waals surface area contributed by atoms with Crippen LogP contribution in [0.5, 0.6) is 0 Å². The fourth-order valence-corrected chi connectivity index (χ4v) is 4.03. The van der Waals surface area contributed by atoms with E-state index in [2.05, 4.69) is 23.3 Å². The number of rotatable bonds is 11. The van der Waals surface area contributed by atoms with Crippen LogP contribution in [-0.2, 0) is 20.7 Å². The van der Waals surface area contributed by atoms with Gasteiger partial charge in [-0.1, -0.05) is 81.0 Å². The van der Waals surface area contributed by atoms with Gasteiger partial charge in [-0.25, -0.2) is 4.79 Å². The maximum Gasteiger partial charge on any atom is 0.408 e. The normalized spacial score (nSPS) is 13.3. The molecule has 0 aliphatic carbocycles. The highest BCUT2D eigenvalue weighted by atomic mass is 16.6. The van der Waals surface area contributed by atoms with Crippen molar-refractivity contribution in [1.82, 2.24) is 15.5 Å². The number of alkyl carbamates (subject to hydrolysis) is 1. The van der Waals surface area contributed by atoms with E-state index in [1.165, 1.54) is 0 Å². The van der Waals surface area contributed by atoms with Crippen LogP contribution in [0.3, 0.4) is 0 Å². The predicted molar refractivity (Wildman–Crippen MR) is 151 cm³/mol. The van der Waals surface area contributed by atoms with Gasteiger partial charge in [0.1, 0.15) is 17.7 Å². The highest BCUT2D eigenvalue weighted by Crippen LogP contribution is 2.24. The van der Waals surface area contributed by atoms with Crippen LogP contribution in [0.25, 0.3) is 6.08 Å². The fourth-order valence-electron chi connectivity index (χ4n) is 4.03. The minimum Gasteiger partial charge on any atom is -0.444 e. The van der Waals surface area contributed by atoms with Crippen LogP contribution in [0.15, 0.2) is 61.2 Å². The Morgan fingerprint density at radius 3 is 2.37 bits per heavy atom. The molecule has 3 unspecified atom stereocenters. The van der Waals surface area contributed by atoms with Gasteiger partial charge in [0.05, 0.1) is 0 Å². The summed E-state index contributed by atoms with van der Waals surface area (Å²) in [6.45, 7) is 12.9. The topological polar surface area (TPSA) is 87.7 Å². The van der Waals surface area contributed by atoms with E-state index in [-0.39, 0.29) is 12.5 Å². The molecule has 7 nitrogen and oxygen atoms in total. The molecule has 2 aromatic carbocycles. The van der Waals surface area contributed by atoms with Crippen molar-refractivity contribution in [3.8, 4) is 12.5 Å². The molecular formula is C31H39N3O4. The Kier molecular flexibility index (Phi) is 11.1. The zero-order valence-electron chi connectivity index (χ0n) is 23.0. The number of carbonyl (C=O) groups excluding carboxylic acids is 3. The van der Waals surface area contributed by atoms with Crippen LogP contribution in [0.2, 0.25) is 0 Å². The van der Waals surface area contributed by atoms with Gasteiger partial charge in [-0.15, -0.1) is 0 Å². The Balaban J connectivity index is 2.50. The van der Waals surface area contributed by atoms with Crippen LogP contribution in [0.1, 0.15) is 70.2 Å². The third-order valence-electron chi connectivity index (χ3n) is 5.73. The number of benzene rings is 2. The molecule has 2 aromatic rings. The molecule has 7 heteroatoms. The van der Waals surface area contributed by atoms with Gasteiger partial charge in [0, 0.05) is 18.5 Å². The molecule has 2 N–H and O–H groups in total. The Hall–Kier alpha value is -4.05. The molecule has 3 atom stereocenters. The number of nitrogens with zero attached hydrogens (tertiary/aromatic N) is 1. The van der Waals surface area contributed by atoms with E-state index >= 15 is 0 Å². The van der Waals surface area contributed by atoms with Crippen LogP contribution in [0, 0.1) is 12.5 Å². The summed E-state index contributed by atoms with van der Waals surface area (Å²) < 4.78 is 5.41. The Morgan fingerprint density at radius 1 is 1.11 bits per heavy atom. The van der Waals surface area contributed by atoms with Crippen molar-refractivity contribution in [3.63, 3.8) is 0 Å². The highest BCUT2D eigenvalue weighted by molar-refractivity contribution is 5.93. The van der Waals surface area contributed by atoms with E-state index in [4.69, 9.17) is 11.2 Å². The Bertz CT molecular complexity index is 1150. The largest absolute Gasteiger partial charge is 0.444 e.